The zero-order valence-electron chi connectivity index (χ0n) is 14.7. The van der Waals surface area contributed by atoms with Gasteiger partial charge in [-0.1, -0.05) is 17.7 Å². The Morgan fingerprint density at radius 2 is 1.96 bits per heavy atom. The van der Waals surface area contributed by atoms with Crippen molar-refractivity contribution < 1.29 is 24.6 Å². The summed E-state index contributed by atoms with van der Waals surface area (Å²) in [5, 5.41) is 22.4. The first-order valence-corrected chi connectivity index (χ1v) is 9.52. The topological polar surface area (TPSA) is 107 Å². The van der Waals surface area contributed by atoms with Crippen molar-refractivity contribution in [1.82, 2.24) is 5.32 Å². The van der Waals surface area contributed by atoms with Crippen molar-refractivity contribution in [3.05, 3.63) is 28.8 Å². The standard InChI is InChI=1S/C19H21ClN2O5/c20-11-2-1-10-7-12-13(9-15(12)22(18(26)27)14(10)8-11)21-19(5-6-19)16(23)3-4-17(24)25/h1-2,8,12-13,15,21H,3-7,9H2,(H,24,25)(H,26,27). The Hall–Kier alpha value is -2.12. The molecule has 0 radical (unpaired) electrons. The third kappa shape index (κ3) is 3.19. The van der Waals surface area contributed by atoms with Crippen LogP contribution in [0.2, 0.25) is 5.02 Å². The normalized spacial score (nSPS) is 27.1. The van der Waals surface area contributed by atoms with Gasteiger partial charge in [0.15, 0.2) is 5.78 Å². The van der Waals surface area contributed by atoms with Crippen LogP contribution >= 0.6 is 11.6 Å². The van der Waals surface area contributed by atoms with Gasteiger partial charge in [-0.3, -0.25) is 14.5 Å². The van der Waals surface area contributed by atoms with Crippen molar-refractivity contribution in [2.45, 2.75) is 56.1 Å². The molecular weight excluding hydrogens is 372 g/mol. The highest BCUT2D eigenvalue weighted by molar-refractivity contribution is 6.31. The first-order chi connectivity index (χ1) is 12.8. The van der Waals surface area contributed by atoms with E-state index in [9.17, 15) is 19.5 Å². The molecule has 2 aliphatic carbocycles. The summed E-state index contributed by atoms with van der Waals surface area (Å²) < 4.78 is 0. The zero-order chi connectivity index (χ0) is 19.3. The van der Waals surface area contributed by atoms with E-state index < -0.39 is 17.6 Å². The molecular formula is C19H21ClN2O5. The van der Waals surface area contributed by atoms with Crippen molar-refractivity contribution in [2.24, 2.45) is 5.92 Å². The molecule has 3 unspecified atom stereocenters. The molecule has 3 N–H and O–H groups in total. The molecule has 0 aromatic heterocycles. The van der Waals surface area contributed by atoms with Crippen LogP contribution in [0.5, 0.6) is 0 Å². The summed E-state index contributed by atoms with van der Waals surface area (Å²) in [4.78, 5) is 36.4. The lowest BCUT2D eigenvalue weighted by Gasteiger charge is -2.53. The number of hydrogen-bond donors (Lipinski definition) is 3. The van der Waals surface area contributed by atoms with Crippen LogP contribution in [-0.4, -0.2) is 45.7 Å². The fourth-order valence-corrected chi connectivity index (χ4v) is 4.64. The summed E-state index contributed by atoms with van der Waals surface area (Å²) in [5.74, 6) is -0.923. The molecule has 3 aliphatic rings. The molecule has 8 heteroatoms. The van der Waals surface area contributed by atoms with Crippen LogP contribution in [-0.2, 0) is 16.0 Å². The third-order valence-electron chi connectivity index (χ3n) is 6.12. The summed E-state index contributed by atoms with van der Waals surface area (Å²) in [6, 6.07) is 5.25. The number of fused-ring (bicyclic) bond motifs is 2. The van der Waals surface area contributed by atoms with E-state index in [2.05, 4.69) is 5.32 Å². The van der Waals surface area contributed by atoms with E-state index in [-0.39, 0.29) is 36.6 Å². The van der Waals surface area contributed by atoms with E-state index in [1.807, 2.05) is 6.07 Å². The summed E-state index contributed by atoms with van der Waals surface area (Å²) >= 11 is 6.05. The monoisotopic (exact) mass is 392 g/mol. The highest BCUT2D eigenvalue weighted by Gasteiger charge is 2.56. The van der Waals surface area contributed by atoms with Gasteiger partial charge in [-0.05, 0) is 49.3 Å². The maximum atomic E-state index is 12.4. The molecule has 7 nitrogen and oxygen atoms in total. The molecule has 1 aromatic carbocycles. The lowest BCUT2D eigenvalue weighted by Crippen LogP contribution is -2.66. The van der Waals surface area contributed by atoms with Gasteiger partial charge in [-0.2, -0.15) is 0 Å². The minimum absolute atomic E-state index is 0.0335. The predicted molar refractivity (Wildman–Crippen MR) is 98.3 cm³/mol. The van der Waals surface area contributed by atoms with Gasteiger partial charge in [-0.15, -0.1) is 0 Å². The fraction of sp³-hybridized carbons (Fsp3) is 0.526. The van der Waals surface area contributed by atoms with Gasteiger partial charge in [0.1, 0.15) is 0 Å². The molecule has 3 atom stereocenters. The highest BCUT2D eigenvalue weighted by Crippen LogP contribution is 2.48. The molecule has 2 fully saturated rings. The quantitative estimate of drug-likeness (QED) is 0.687. The smallest absolute Gasteiger partial charge is 0.412 e. The number of anilines is 1. The highest BCUT2D eigenvalue weighted by atomic mass is 35.5. The van der Waals surface area contributed by atoms with Gasteiger partial charge in [0, 0.05) is 23.5 Å². The molecule has 4 rings (SSSR count). The van der Waals surface area contributed by atoms with Crippen molar-refractivity contribution in [3.8, 4) is 0 Å². The second kappa shape index (κ2) is 6.49. The van der Waals surface area contributed by atoms with E-state index in [0.717, 1.165) is 12.0 Å². The lowest BCUT2D eigenvalue weighted by molar-refractivity contribution is -0.139. The van der Waals surface area contributed by atoms with Crippen LogP contribution in [0, 0.1) is 5.92 Å². The number of carbonyl (C=O) groups excluding carboxylic acids is 1. The maximum Gasteiger partial charge on any atom is 0.412 e. The van der Waals surface area contributed by atoms with E-state index in [4.69, 9.17) is 16.7 Å². The molecule has 1 amide bonds. The van der Waals surface area contributed by atoms with Gasteiger partial charge in [0.2, 0.25) is 0 Å². The van der Waals surface area contributed by atoms with E-state index >= 15 is 0 Å². The number of carboxylic acids is 1. The number of halogens is 1. The minimum atomic E-state index is -0.995. The third-order valence-corrected chi connectivity index (χ3v) is 6.35. The number of amides is 1. The van der Waals surface area contributed by atoms with Crippen molar-refractivity contribution in [1.29, 1.82) is 0 Å². The van der Waals surface area contributed by atoms with Crippen LogP contribution in [0.25, 0.3) is 0 Å². The summed E-state index contributed by atoms with van der Waals surface area (Å²) in [5.41, 5.74) is 0.976. The Labute approximate surface area is 161 Å². The number of hydrogen-bond acceptors (Lipinski definition) is 4. The molecule has 1 aliphatic heterocycles. The average Bonchev–Trinajstić information content (AvgIpc) is 3.38. The SMILES string of the molecule is O=C(O)CCC(=O)C1(NC2CC3C2Cc2ccc(Cl)cc2N3C(=O)O)CC1. The second-order valence-corrected chi connectivity index (χ2v) is 8.18. The van der Waals surface area contributed by atoms with Crippen LogP contribution < -0.4 is 10.2 Å². The van der Waals surface area contributed by atoms with Crippen LogP contribution in [0.3, 0.4) is 0 Å². The Balaban J connectivity index is 1.49. The van der Waals surface area contributed by atoms with Crippen LogP contribution in [0.4, 0.5) is 10.5 Å². The number of benzene rings is 1. The maximum absolute atomic E-state index is 12.4. The largest absolute Gasteiger partial charge is 0.481 e. The van der Waals surface area contributed by atoms with Gasteiger partial charge < -0.3 is 15.5 Å². The Kier molecular flexibility index (Phi) is 4.39. The molecule has 0 saturated heterocycles. The number of ketones is 1. The average molecular weight is 393 g/mol. The lowest BCUT2D eigenvalue weighted by atomic mass is 9.67. The number of carboxylic acid groups (broad SMARTS) is 2. The fourth-order valence-electron chi connectivity index (χ4n) is 4.48. The van der Waals surface area contributed by atoms with Gasteiger partial charge >= 0.3 is 12.1 Å². The van der Waals surface area contributed by atoms with Gasteiger partial charge in [0.25, 0.3) is 0 Å². The first-order valence-electron chi connectivity index (χ1n) is 9.14. The number of nitrogens with one attached hydrogen (secondary N) is 1. The molecule has 1 aromatic rings. The summed E-state index contributed by atoms with van der Waals surface area (Å²) in [7, 11) is 0. The molecule has 144 valence electrons. The van der Waals surface area contributed by atoms with Gasteiger partial charge in [0.05, 0.1) is 17.6 Å². The number of Topliss-reactive ketones (excluding diaryl/α,β-unsaturated/α-hetero) is 1. The molecule has 2 saturated carbocycles. The Morgan fingerprint density at radius 3 is 2.59 bits per heavy atom. The number of nitrogens with zero attached hydrogens (tertiary/aromatic N) is 1. The second-order valence-electron chi connectivity index (χ2n) is 7.75. The molecule has 1 heterocycles. The molecule has 27 heavy (non-hydrogen) atoms. The number of aliphatic carboxylic acids is 1. The van der Waals surface area contributed by atoms with Crippen LogP contribution in [0.1, 0.15) is 37.7 Å². The van der Waals surface area contributed by atoms with Gasteiger partial charge in [-0.25, -0.2) is 4.79 Å². The van der Waals surface area contributed by atoms with Crippen molar-refractivity contribution >= 4 is 35.1 Å². The van der Waals surface area contributed by atoms with E-state index in [1.54, 1.807) is 12.1 Å². The number of rotatable bonds is 6. The molecule has 0 bridgehead atoms. The summed E-state index contributed by atoms with van der Waals surface area (Å²) in [6.07, 6.45) is 1.69. The zero-order valence-corrected chi connectivity index (χ0v) is 15.4. The van der Waals surface area contributed by atoms with Crippen molar-refractivity contribution in [3.63, 3.8) is 0 Å². The summed E-state index contributed by atoms with van der Waals surface area (Å²) in [6.45, 7) is 0. The molecule has 0 spiro atoms. The van der Waals surface area contributed by atoms with E-state index in [0.29, 0.717) is 30.0 Å². The van der Waals surface area contributed by atoms with E-state index in [1.165, 1.54) is 4.90 Å². The minimum Gasteiger partial charge on any atom is -0.481 e. The Morgan fingerprint density at radius 1 is 1.22 bits per heavy atom. The number of carbonyl (C=O) groups is 3. The first kappa shape index (κ1) is 18.3. The Bertz CT molecular complexity index is 822. The van der Waals surface area contributed by atoms with Crippen LogP contribution in [0.15, 0.2) is 18.2 Å². The predicted octanol–water partition coefficient (Wildman–Crippen LogP) is 2.69. The van der Waals surface area contributed by atoms with Crippen molar-refractivity contribution in [2.75, 3.05) is 4.90 Å².